The van der Waals surface area contributed by atoms with Gasteiger partial charge in [-0.05, 0) is 60.0 Å². The molecule has 0 aliphatic rings. The van der Waals surface area contributed by atoms with E-state index in [0.29, 0.717) is 0 Å². The van der Waals surface area contributed by atoms with Crippen LogP contribution in [-0.4, -0.2) is 18.5 Å². The average molecular weight is 623 g/mol. The Labute approximate surface area is 279 Å². The van der Waals surface area contributed by atoms with Crippen LogP contribution in [0.5, 0.6) is 0 Å². The van der Waals surface area contributed by atoms with Crippen LogP contribution in [0.15, 0.2) is 158 Å². The molecule has 5 aromatic heterocycles. The second-order valence-electron chi connectivity index (χ2n) is 13.2. The molecule has 12 rings (SSSR count). The highest BCUT2D eigenvalue weighted by atomic mass is 15.0. The van der Waals surface area contributed by atoms with Crippen LogP contribution in [-0.2, 0) is 0 Å². The molecule has 0 spiro atoms. The van der Waals surface area contributed by atoms with Crippen molar-refractivity contribution < 1.29 is 0 Å². The molecule has 0 bridgehead atoms. The van der Waals surface area contributed by atoms with Crippen molar-refractivity contribution in [1.29, 1.82) is 0 Å². The topological polar surface area (TPSA) is 27.2 Å². The summed E-state index contributed by atoms with van der Waals surface area (Å²) in [5, 5.41) is 12.7. The van der Waals surface area contributed by atoms with E-state index in [1.54, 1.807) is 0 Å². The van der Waals surface area contributed by atoms with Gasteiger partial charge < -0.3 is 13.5 Å². The molecule has 0 saturated heterocycles. The van der Waals surface area contributed by atoms with Gasteiger partial charge in [-0.2, -0.15) is 0 Å². The molecule has 0 amide bonds. The fourth-order valence-electron chi connectivity index (χ4n) is 8.89. The molecule has 226 valence electrons. The maximum Gasteiger partial charge on any atom is 0.0724 e. The monoisotopic (exact) mass is 622 g/mol. The third kappa shape index (κ3) is 3.12. The summed E-state index contributed by atoms with van der Waals surface area (Å²) in [6.07, 6.45) is 3.86. The standard InChI is InChI=1S/C45H26N4/c1-2-10-30-27(9-1)17-22-35-42-40(25-36-32-12-4-7-15-38(32)49-39-16-8-5-13-34(39)43(42)45(36)49)48(44(30)35)29-20-18-28(19-21-29)47-37-14-6-3-11-31(37)33-23-24-46-26-41(33)47/h1-26H. The molecular formula is C45H26N4. The molecule has 4 nitrogen and oxygen atoms in total. The molecule has 0 aliphatic carbocycles. The van der Waals surface area contributed by atoms with E-state index >= 15 is 0 Å². The second kappa shape index (κ2) is 9.03. The van der Waals surface area contributed by atoms with Crippen molar-refractivity contribution in [3.8, 4) is 11.4 Å². The fourth-order valence-corrected chi connectivity index (χ4v) is 8.89. The molecule has 0 unspecified atom stereocenters. The lowest BCUT2D eigenvalue weighted by atomic mass is 10.0. The molecule has 0 fully saturated rings. The highest BCUT2D eigenvalue weighted by Crippen LogP contribution is 2.47. The van der Waals surface area contributed by atoms with Gasteiger partial charge in [0.05, 0.1) is 44.8 Å². The average Bonchev–Trinajstić information content (AvgIpc) is 3.89. The maximum absolute atomic E-state index is 4.50. The summed E-state index contributed by atoms with van der Waals surface area (Å²) < 4.78 is 7.32. The summed E-state index contributed by atoms with van der Waals surface area (Å²) in [4.78, 5) is 4.50. The van der Waals surface area contributed by atoms with E-state index in [-0.39, 0.29) is 0 Å². The van der Waals surface area contributed by atoms with E-state index in [1.165, 1.54) is 87.0 Å². The molecule has 4 heteroatoms. The molecule has 0 N–H and O–H groups in total. The van der Waals surface area contributed by atoms with E-state index in [9.17, 15) is 0 Å². The Hall–Kier alpha value is -6.65. The second-order valence-corrected chi connectivity index (χ2v) is 13.2. The highest BCUT2D eigenvalue weighted by Gasteiger charge is 2.25. The quantitative estimate of drug-likeness (QED) is 0.188. The summed E-state index contributed by atoms with van der Waals surface area (Å²) in [5.74, 6) is 0. The molecule has 49 heavy (non-hydrogen) atoms. The number of aromatic nitrogens is 4. The van der Waals surface area contributed by atoms with Crippen molar-refractivity contribution in [2.24, 2.45) is 0 Å². The molecule has 0 atom stereocenters. The van der Waals surface area contributed by atoms with Crippen LogP contribution in [0, 0.1) is 0 Å². The molecule has 0 saturated carbocycles. The number of hydrogen-bond donors (Lipinski definition) is 0. The van der Waals surface area contributed by atoms with Crippen molar-refractivity contribution in [2.75, 3.05) is 0 Å². The van der Waals surface area contributed by atoms with Gasteiger partial charge in [0.25, 0.3) is 0 Å². The zero-order chi connectivity index (χ0) is 31.8. The van der Waals surface area contributed by atoms with Crippen molar-refractivity contribution >= 4 is 92.5 Å². The number of para-hydroxylation sites is 3. The summed E-state index contributed by atoms with van der Waals surface area (Å²) in [6.45, 7) is 0. The van der Waals surface area contributed by atoms with Gasteiger partial charge in [-0.25, -0.2) is 0 Å². The van der Waals surface area contributed by atoms with Crippen molar-refractivity contribution in [2.45, 2.75) is 0 Å². The number of nitrogens with zero attached hydrogens (tertiary/aromatic N) is 4. The van der Waals surface area contributed by atoms with E-state index in [4.69, 9.17) is 0 Å². The zero-order valence-corrected chi connectivity index (χ0v) is 26.3. The predicted octanol–water partition coefficient (Wildman–Crippen LogP) is 11.6. The van der Waals surface area contributed by atoms with E-state index in [2.05, 4.69) is 164 Å². The Morgan fingerprint density at radius 3 is 1.78 bits per heavy atom. The first kappa shape index (κ1) is 25.4. The zero-order valence-electron chi connectivity index (χ0n) is 26.3. The minimum atomic E-state index is 1.11. The van der Waals surface area contributed by atoms with Gasteiger partial charge in [-0.15, -0.1) is 0 Å². The summed E-state index contributed by atoms with van der Waals surface area (Å²) in [6, 6.07) is 53.4. The Balaban J connectivity index is 1.23. The number of rotatable bonds is 2. The Morgan fingerprint density at radius 1 is 0.367 bits per heavy atom. The number of fused-ring (bicyclic) bond motifs is 15. The maximum atomic E-state index is 4.50. The van der Waals surface area contributed by atoms with Crippen LogP contribution >= 0.6 is 0 Å². The molecule has 0 aliphatic heterocycles. The van der Waals surface area contributed by atoms with Crippen LogP contribution < -0.4 is 0 Å². The first-order chi connectivity index (χ1) is 24.3. The number of pyridine rings is 1. The Kier molecular flexibility index (Phi) is 4.69. The lowest BCUT2D eigenvalue weighted by molar-refractivity contribution is 1.14. The fraction of sp³-hybridized carbons (Fsp3) is 0. The van der Waals surface area contributed by atoms with Crippen molar-refractivity contribution in [3.63, 3.8) is 0 Å². The molecule has 0 radical (unpaired) electrons. The van der Waals surface area contributed by atoms with Crippen molar-refractivity contribution in [1.82, 2.24) is 18.5 Å². The minimum Gasteiger partial charge on any atom is -0.309 e. The summed E-state index contributed by atoms with van der Waals surface area (Å²) >= 11 is 0. The third-order valence-corrected chi connectivity index (χ3v) is 10.8. The Bertz CT molecular complexity index is 3270. The molecule has 5 heterocycles. The predicted molar refractivity (Wildman–Crippen MR) is 205 cm³/mol. The third-order valence-electron chi connectivity index (χ3n) is 10.8. The SMILES string of the molecule is c1ccc2c(c1)ccc1c3c4c5ccccc5n5c6ccccc6c(cc3n(-c3ccc(-n6c7ccccc7c7ccncc76)cc3)c21)c45. The van der Waals surface area contributed by atoms with Gasteiger partial charge >= 0.3 is 0 Å². The van der Waals surface area contributed by atoms with Gasteiger partial charge in [0, 0.05) is 66.0 Å². The summed E-state index contributed by atoms with van der Waals surface area (Å²) in [5.41, 5.74) is 10.8. The number of benzene rings is 7. The van der Waals surface area contributed by atoms with Crippen LogP contribution in [0.25, 0.3) is 104 Å². The lowest BCUT2D eigenvalue weighted by Crippen LogP contribution is -1.97. The van der Waals surface area contributed by atoms with E-state index in [1.807, 2.05) is 12.4 Å². The van der Waals surface area contributed by atoms with Crippen LogP contribution in [0.3, 0.4) is 0 Å². The van der Waals surface area contributed by atoms with Gasteiger partial charge in [0.15, 0.2) is 0 Å². The van der Waals surface area contributed by atoms with Gasteiger partial charge in [0.2, 0.25) is 0 Å². The lowest BCUT2D eigenvalue weighted by Gasteiger charge is -2.13. The smallest absolute Gasteiger partial charge is 0.0724 e. The molecule has 12 aromatic rings. The largest absolute Gasteiger partial charge is 0.309 e. The van der Waals surface area contributed by atoms with Crippen LogP contribution in [0.2, 0.25) is 0 Å². The van der Waals surface area contributed by atoms with Crippen LogP contribution in [0.1, 0.15) is 0 Å². The Morgan fingerprint density at radius 2 is 0.980 bits per heavy atom. The normalized spacial score (nSPS) is 12.5. The summed E-state index contributed by atoms with van der Waals surface area (Å²) in [7, 11) is 0. The first-order valence-corrected chi connectivity index (χ1v) is 16.8. The first-order valence-electron chi connectivity index (χ1n) is 16.8. The van der Waals surface area contributed by atoms with Crippen LogP contribution in [0.4, 0.5) is 0 Å². The van der Waals surface area contributed by atoms with Gasteiger partial charge in [-0.1, -0.05) is 91.0 Å². The van der Waals surface area contributed by atoms with E-state index in [0.717, 1.165) is 16.9 Å². The number of hydrogen-bond acceptors (Lipinski definition) is 1. The van der Waals surface area contributed by atoms with Crippen molar-refractivity contribution in [3.05, 3.63) is 158 Å². The van der Waals surface area contributed by atoms with E-state index < -0.39 is 0 Å². The minimum absolute atomic E-state index is 1.11. The molecular weight excluding hydrogens is 597 g/mol. The highest BCUT2D eigenvalue weighted by molar-refractivity contribution is 6.37. The van der Waals surface area contributed by atoms with Gasteiger partial charge in [0.1, 0.15) is 0 Å². The molecule has 7 aromatic carbocycles. The van der Waals surface area contributed by atoms with Gasteiger partial charge in [-0.3, -0.25) is 4.98 Å².